The van der Waals surface area contributed by atoms with Gasteiger partial charge in [0.2, 0.25) is 6.29 Å². The highest BCUT2D eigenvalue weighted by Crippen LogP contribution is 2.54. The minimum Gasteiger partial charge on any atom is -0.455 e. The Morgan fingerprint density at radius 2 is 1.91 bits per heavy atom. The van der Waals surface area contributed by atoms with Gasteiger partial charge in [-0.2, -0.15) is 0 Å². The molecule has 0 amide bonds. The van der Waals surface area contributed by atoms with Gasteiger partial charge in [0.25, 0.3) is 0 Å². The minimum atomic E-state index is -1.26. The number of unbranched alkanes of at least 4 members (excludes halogenated alkanes) is 7. The Morgan fingerprint density at radius 1 is 1.12 bits per heavy atom. The fourth-order valence-corrected chi connectivity index (χ4v) is 6.83. The second-order valence-electron chi connectivity index (χ2n) is 10.5. The molecule has 5 nitrogen and oxygen atoms in total. The lowest BCUT2D eigenvalue weighted by atomic mass is 9.53. The SMILES string of the molecule is CCCCCCCCCCC(OC(=O)O)Oc1ccc2c(c1)[C@@]13CCCC[C@H]1[C@@H](C2)NCC3. The van der Waals surface area contributed by atoms with Gasteiger partial charge in [0.15, 0.2) is 0 Å². The third kappa shape index (κ3) is 5.85. The van der Waals surface area contributed by atoms with E-state index in [1.54, 1.807) is 0 Å². The van der Waals surface area contributed by atoms with Crippen LogP contribution in [0.5, 0.6) is 5.75 Å². The Kier molecular flexibility index (Phi) is 8.56. The van der Waals surface area contributed by atoms with Crippen molar-refractivity contribution in [1.82, 2.24) is 5.32 Å². The zero-order valence-corrected chi connectivity index (χ0v) is 20.4. The van der Waals surface area contributed by atoms with E-state index in [9.17, 15) is 9.90 Å². The van der Waals surface area contributed by atoms with Gasteiger partial charge in [-0.05, 0) is 67.8 Å². The van der Waals surface area contributed by atoms with Gasteiger partial charge in [0, 0.05) is 17.9 Å². The van der Waals surface area contributed by atoms with Crippen molar-refractivity contribution in [3.8, 4) is 5.75 Å². The molecule has 2 bridgehead atoms. The molecule has 5 heteroatoms. The van der Waals surface area contributed by atoms with Gasteiger partial charge >= 0.3 is 6.16 Å². The first-order valence-corrected chi connectivity index (χ1v) is 13.6. The number of fused-ring (bicyclic) bond motifs is 1. The Bertz CT molecular complexity index is 777. The molecule has 1 aliphatic heterocycles. The average molecular weight is 458 g/mol. The number of hydrogen-bond donors (Lipinski definition) is 2. The lowest BCUT2D eigenvalue weighted by molar-refractivity contribution is -0.0585. The molecule has 0 radical (unpaired) electrons. The summed E-state index contributed by atoms with van der Waals surface area (Å²) in [7, 11) is 0. The number of rotatable bonds is 12. The predicted octanol–water partition coefficient (Wildman–Crippen LogP) is 6.96. The molecule has 1 unspecified atom stereocenters. The molecule has 0 aromatic heterocycles. The van der Waals surface area contributed by atoms with E-state index in [1.165, 1.54) is 81.8 Å². The van der Waals surface area contributed by atoms with Gasteiger partial charge < -0.3 is 19.9 Å². The molecule has 33 heavy (non-hydrogen) atoms. The van der Waals surface area contributed by atoms with Crippen molar-refractivity contribution in [1.29, 1.82) is 0 Å². The lowest BCUT2D eigenvalue weighted by Gasteiger charge is -2.56. The smallest absolute Gasteiger partial charge is 0.455 e. The summed E-state index contributed by atoms with van der Waals surface area (Å²) in [5.74, 6) is 1.47. The van der Waals surface area contributed by atoms with Crippen LogP contribution in [0.25, 0.3) is 0 Å². The molecule has 1 heterocycles. The number of carbonyl (C=O) groups is 1. The van der Waals surface area contributed by atoms with Crippen LogP contribution in [0.4, 0.5) is 4.79 Å². The van der Waals surface area contributed by atoms with Gasteiger partial charge in [-0.15, -0.1) is 0 Å². The van der Waals surface area contributed by atoms with Crippen molar-refractivity contribution in [3.63, 3.8) is 0 Å². The molecular formula is C28H43NO4. The molecule has 2 aliphatic carbocycles. The summed E-state index contributed by atoms with van der Waals surface area (Å²) in [6, 6.07) is 7.05. The Morgan fingerprint density at radius 3 is 2.70 bits per heavy atom. The van der Waals surface area contributed by atoms with Gasteiger partial charge in [-0.25, -0.2) is 4.79 Å². The molecule has 0 spiro atoms. The van der Waals surface area contributed by atoms with E-state index in [1.807, 2.05) is 6.07 Å². The van der Waals surface area contributed by atoms with Crippen LogP contribution in [0, 0.1) is 5.92 Å². The molecular weight excluding hydrogens is 414 g/mol. The van der Waals surface area contributed by atoms with E-state index in [4.69, 9.17) is 9.47 Å². The third-order valence-electron chi connectivity index (χ3n) is 8.41. The number of hydrogen-bond acceptors (Lipinski definition) is 4. The third-order valence-corrected chi connectivity index (χ3v) is 8.41. The summed E-state index contributed by atoms with van der Waals surface area (Å²) >= 11 is 0. The minimum absolute atomic E-state index is 0.266. The van der Waals surface area contributed by atoms with E-state index in [0.29, 0.717) is 18.4 Å². The van der Waals surface area contributed by atoms with Crippen LogP contribution in [0.2, 0.25) is 0 Å². The number of piperidine rings is 1. The monoisotopic (exact) mass is 457 g/mol. The van der Waals surface area contributed by atoms with Gasteiger partial charge in [0.05, 0.1) is 0 Å². The number of benzene rings is 1. The van der Waals surface area contributed by atoms with Crippen LogP contribution in [-0.2, 0) is 16.6 Å². The van der Waals surface area contributed by atoms with Crippen LogP contribution in [-0.4, -0.2) is 30.1 Å². The number of carboxylic acid groups (broad SMARTS) is 1. The summed E-state index contributed by atoms with van der Waals surface area (Å²) in [6.07, 6.45) is 15.8. The standard InChI is InChI=1S/C28H43NO4/c1-2-3-4-5-6-7-8-9-13-26(33-27(30)31)32-22-15-14-21-19-25-23-12-10-11-16-28(23,17-18-29-25)24(21)20-22/h14-15,20,23,25-26,29H,2-13,16-19H2,1H3,(H,30,31)/t23-,25+,26?,28+/m0/s1. The average Bonchev–Trinajstić information content (AvgIpc) is 2.81. The van der Waals surface area contributed by atoms with Crippen LogP contribution < -0.4 is 10.1 Å². The molecule has 1 aromatic carbocycles. The highest BCUT2D eigenvalue weighted by molar-refractivity contribution is 5.57. The van der Waals surface area contributed by atoms with Crippen molar-refractivity contribution >= 4 is 6.16 Å². The Hall–Kier alpha value is -1.75. The van der Waals surface area contributed by atoms with Gasteiger partial charge in [-0.3, -0.25) is 0 Å². The summed E-state index contributed by atoms with van der Waals surface area (Å²) in [5.41, 5.74) is 3.17. The molecule has 184 valence electrons. The second-order valence-corrected chi connectivity index (χ2v) is 10.5. The summed E-state index contributed by atoms with van der Waals surface area (Å²) < 4.78 is 11.3. The summed E-state index contributed by atoms with van der Waals surface area (Å²) in [5, 5.41) is 13.0. The fraction of sp³-hybridized carbons (Fsp3) is 0.750. The molecule has 2 fully saturated rings. The fourth-order valence-electron chi connectivity index (χ4n) is 6.83. The lowest BCUT2D eigenvalue weighted by Crippen LogP contribution is -2.59. The van der Waals surface area contributed by atoms with E-state index in [2.05, 4.69) is 24.4 Å². The topological polar surface area (TPSA) is 67.8 Å². The molecule has 2 N–H and O–H groups in total. The van der Waals surface area contributed by atoms with Crippen molar-refractivity contribution in [3.05, 3.63) is 29.3 Å². The first-order chi connectivity index (χ1) is 16.1. The maximum Gasteiger partial charge on any atom is 0.508 e. The van der Waals surface area contributed by atoms with Crippen LogP contribution >= 0.6 is 0 Å². The van der Waals surface area contributed by atoms with Crippen molar-refractivity contribution < 1.29 is 19.4 Å². The van der Waals surface area contributed by atoms with Crippen molar-refractivity contribution in [2.45, 2.75) is 121 Å². The highest BCUT2D eigenvalue weighted by atomic mass is 16.8. The maximum absolute atomic E-state index is 11.3. The first kappa shape index (κ1) is 24.4. The largest absolute Gasteiger partial charge is 0.508 e. The predicted molar refractivity (Wildman–Crippen MR) is 131 cm³/mol. The van der Waals surface area contributed by atoms with Crippen molar-refractivity contribution in [2.75, 3.05) is 6.54 Å². The van der Waals surface area contributed by atoms with Gasteiger partial charge in [-0.1, -0.05) is 70.8 Å². The van der Waals surface area contributed by atoms with Crippen LogP contribution in [0.15, 0.2) is 18.2 Å². The van der Waals surface area contributed by atoms with Crippen LogP contribution in [0.1, 0.15) is 108 Å². The maximum atomic E-state index is 11.3. The zero-order valence-electron chi connectivity index (χ0n) is 20.4. The van der Waals surface area contributed by atoms with Crippen LogP contribution in [0.3, 0.4) is 0 Å². The van der Waals surface area contributed by atoms with E-state index >= 15 is 0 Å². The van der Waals surface area contributed by atoms with E-state index < -0.39 is 12.4 Å². The molecule has 4 atom stereocenters. The number of nitrogens with one attached hydrogen (secondary N) is 1. The Labute approximate surface area is 199 Å². The summed E-state index contributed by atoms with van der Waals surface area (Å²) in [4.78, 5) is 11.3. The molecule has 1 saturated carbocycles. The van der Waals surface area contributed by atoms with E-state index in [-0.39, 0.29) is 5.41 Å². The highest BCUT2D eigenvalue weighted by Gasteiger charge is 2.51. The van der Waals surface area contributed by atoms with E-state index in [0.717, 1.165) is 31.6 Å². The number of ether oxygens (including phenoxy) is 2. The molecule has 4 rings (SSSR count). The summed E-state index contributed by atoms with van der Waals surface area (Å²) in [6.45, 7) is 3.33. The molecule has 1 saturated heterocycles. The molecule has 3 aliphatic rings. The van der Waals surface area contributed by atoms with Gasteiger partial charge in [0.1, 0.15) is 5.75 Å². The normalized spacial score (nSPS) is 26.7. The first-order valence-electron chi connectivity index (χ1n) is 13.6. The second kappa shape index (κ2) is 11.6. The zero-order chi connectivity index (χ0) is 23.1. The Balaban J connectivity index is 1.38. The van der Waals surface area contributed by atoms with Crippen molar-refractivity contribution in [2.24, 2.45) is 5.92 Å². The molecule has 1 aromatic rings. The quantitative estimate of drug-likeness (QED) is 0.202.